The highest BCUT2D eigenvalue weighted by Gasteiger charge is 2.39. The number of ether oxygens (including phenoxy) is 2. The maximum absolute atomic E-state index is 11.8. The Hall–Kier alpha value is -1.91. The molecular weight excluding hydrogens is 256 g/mol. The second-order valence-corrected chi connectivity index (χ2v) is 5.58. The van der Waals surface area contributed by atoms with Gasteiger partial charge in [0.25, 0.3) is 0 Å². The van der Waals surface area contributed by atoms with Crippen molar-refractivity contribution in [2.24, 2.45) is 11.8 Å². The molecule has 2 atom stereocenters. The second kappa shape index (κ2) is 5.23. The lowest BCUT2D eigenvalue weighted by molar-refractivity contribution is -0.147. The molecule has 1 aromatic carbocycles. The number of nitrogen functional groups attached to an aromatic ring is 1. The molecule has 0 amide bonds. The quantitative estimate of drug-likeness (QED) is 0.650. The first kappa shape index (κ1) is 13.1. The number of carbonyl (C=O) groups excluding carboxylic acids is 1. The molecule has 3 rings (SSSR count). The maximum atomic E-state index is 11.8. The summed E-state index contributed by atoms with van der Waals surface area (Å²) in [5.74, 6) is 1.12. The number of fused-ring (bicyclic) bond motifs is 1. The van der Waals surface area contributed by atoms with Crippen LogP contribution in [0.4, 0.5) is 11.4 Å². The summed E-state index contributed by atoms with van der Waals surface area (Å²) in [5.41, 5.74) is 7.38. The molecule has 20 heavy (non-hydrogen) atoms. The smallest absolute Gasteiger partial charge is 0.309 e. The Morgan fingerprint density at radius 3 is 3.05 bits per heavy atom. The van der Waals surface area contributed by atoms with E-state index < -0.39 is 0 Å². The van der Waals surface area contributed by atoms with Crippen molar-refractivity contribution in [2.45, 2.75) is 25.4 Å². The molecule has 5 heteroatoms. The van der Waals surface area contributed by atoms with Crippen LogP contribution in [0.1, 0.15) is 19.3 Å². The lowest BCUT2D eigenvalue weighted by Crippen LogP contribution is -2.35. The van der Waals surface area contributed by atoms with E-state index in [1.165, 1.54) is 7.11 Å². The molecule has 1 aliphatic carbocycles. The third-order valence-electron chi connectivity index (χ3n) is 4.03. The van der Waals surface area contributed by atoms with Crippen molar-refractivity contribution in [3.8, 4) is 5.75 Å². The summed E-state index contributed by atoms with van der Waals surface area (Å²) in [7, 11) is 1.45. The molecule has 0 radical (unpaired) electrons. The van der Waals surface area contributed by atoms with Crippen molar-refractivity contribution in [3.05, 3.63) is 18.2 Å². The number of rotatable bonds is 4. The number of esters is 1. The standard InChI is InChI=1S/C15H20N2O3/c1-19-15(18)12(9-2-3-9)7-11-8-17-13-6-10(16)4-5-14(13)20-11/h4-6,9,11-12,17H,2-3,7-8,16H2,1H3. The highest BCUT2D eigenvalue weighted by Crippen LogP contribution is 2.41. The van der Waals surface area contributed by atoms with E-state index >= 15 is 0 Å². The zero-order chi connectivity index (χ0) is 14.1. The van der Waals surface area contributed by atoms with Crippen LogP contribution < -0.4 is 15.8 Å². The molecule has 0 bridgehead atoms. The Bertz CT molecular complexity index is 514. The fourth-order valence-corrected chi connectivity index (χ4v) is 2.78. The maximum Gasteiger partial charge on any atom is 0.309 e. The number of benzene rings is 1. The molecule has 5 nitrogen and oxygen atoms in total. The molecule has 0 spiro atoms. The van der Waals surface area contributed by atoms with Gasteiger partial charge in [-0.3, -0.25) is 4.79 Å². The van der Waals surface area contributed by atoms with Gasteiger partial charge < -0.3 is 20.5 Å². The highest BCUT2D eigenvalue weighted by atomic mass is 16.5. The van der Waals surface area contributed by atoms with Crippen molar-refractivity contribution in [2.75, 3.05) is 24.7 Å². The summed E-state index contributed by atoms with van der Waals surface area (Å²) in [5, 5.41) is 3.32. The normalized spacial score (nSPS) is 22.1. The van der Waals surface area contributed by atoms with Crippen LogP contribution in [0.15, 0.2) is 18.2 Å². The monoisotopic (exact) mass is 276 g/mol. The van der Waals surface area contributed by atoms with Gasteiger partial charge in [0.15, 0.2) is 0 Å². The van der Waals surface area contributed by atoms with E-state index in [4.69, 9.17) is 15.2 Å². The number of carbonyl (C=O) groups is 1. The largest absolute Gasteiger partial charge is 0.486 e. The lowest BCUT2D eigenvalue weighted by atomic mass is 9.95. The van der Waals surface area contributed by atoms with Crippen molar-refractivity contribution in [1.82, 2.24) is 0 Å². The number of hydrogen-bond acceptors (Lipinski definition) is 5. The van der Waals surface area contributed by atoms with Gasteiger partial charge in [0.05, 0.1) is 25.3 Å². The predicted octanol–water partition coefficient (Wildman–Crippen LogP) is 2.03. The first-order chi connectivity index (χ1) is 9.67. The van der Waals surface area contributed by atoms with Gasteiger partial charge in [0.2, 0.25) is 0 Å². The molecule has 1 fully saturated rings. The van der Waals surface area contributed by atoms with Crippen LogP contribution in [0.2, 0.25) is 0 Å². The average molecular weight is 276 g/mol. The Labute approximate surface area is 118 Å². The van der Waals surface area contributed by atoms with E-state index in [1.54, 1.807) is 0 Å². The molecular formula is C15H20N2O3. The summed E-state index contributed by atoms with van der Waals surface area (Å²) in [6.07, 6.45) is 2.93. The fourth-order valence-electron chi connectivity index (χ4n) is 2.78. The minimum absolute atomic E-state index is 0.00387. The number of nitrogens with two attached hydrogens (primary N) is 1. The first-order valence-electron chi connectivity index (χ1n) is 7.05. The highest BCUT2D eigenvalue weighted by molar-refractivity contribution is 5.73. The molecule has 0 saturated heterocycles. The van der Waals surface area contributed by atoms with Crippen LogP contribution in [-0.4, -0.2) is 25.7 Å². The molecule has 1 aliphatic heterocycles. The van der Waals surface area contributed by atoms with Gasteiger partial charge in [0.1, 0.15) is 11.9 Å². The summed E-state index contributed by atoms with van der Waals surface area (Å²) >= 11 is 0. The summed E-state index contributed by atoms with van der Waals surface area (Å²) in [4.78, 5) is 11.8. The number of methoxy groups -OCH3 is 1. The minimum atomic E-state index is -0.112. The minimum Gasteiger partial charge on any atom is -0.486 e. The van der Waals surface area contributed by atoms with Gasteiger partial charge in [0, 0.05) is 5.69 Å². The Kier molecular flexibility index (Phi) is 3.42. The van der Waals surface area contributed by atoms with E-state index in [0.29, 0.717) is 24.6 Å². The van der Waals surface area contributed by atoms with Crippen LogP contribution in [0.3, 0.4) is 0 Å². The van der Waals surface area contributed by atoms with Crippen LogP contribution in [0.5, 0.6) is 5.75 Å². The Morgan fingerprint density at radius 1 is 1.55 bits per heavy atom. The summed E-state index contributed by atoms with van der Waals surface area (Å²) < 4.78 is 10.9. The van der Waals surface area contributed by atoms with Gasteiger partial charge in [-0.1, -0.05) is 0 Å². The lowest BCUT2D eigenvalue weighted by Gasteiger charge is -2.29. The number of nitrogens with one attached hydrogen (secondary N) is 1. The van der Waals surface area contributed by atoms with E-state index in [2.05, 4.69) is 5.32 Å². The first-order valence-corrected chi connectivity index (χ1v) is 7.05. The van der Waals surface area contributed by atoms with Crippen LogP contribution in [0, 0.1) is 11.8 Å². The Balaban J connectivity index is 1.67. The van der Waals surface area contributed by atoms with Crippen molar-refractivity contribution in [3.63, 3.8) is 0 Å². The van der Waals surface area contributed by atoms with E-state index in [0.717, 1.165) is 24.3 Å². The van der Waals surface area contributed by atoms with Crippen molar-refractivity contribution >= 4 is 17.3 Å². The van der Waals surface area contributed by atoms with Gasteiger partial charge >= 0.3 is 5.97 Å². The zero-order valence-corrected chi connectivity index (χ0v) is 11.6. The van der Waals surface area contributed by atoms with Crippen LogP contribution in [0.25, 0.3) is 0 Å². The van der Waals surface area contributed by atoms with E-state index in [9.17, 15) is 4.79 Å². The van der Waals surface area contributed by atoms with E-state index in [-0.39, 0.29) is 18.0 Å². The fraction of sp³-hybridized carbons (Fsp3) is 0.533. The summed E-state index contributed by atoms with van der Waals surface area (Å²) in [6, 6.07) is 5.56. The Morgan fingerprint density at radius 2 is 2.35 bits per heavy atom. The third kappa shape index (κ3) is 2.66. The molecule has 2 unspecified atom stereocenters. The van der Waals surface area contributed by atoms with Gasteiger partial charge in [-0.2, -0.15) is 0 Å². The molecule has 1 aromatic rings. The molecule has 108 valence electrons. The molecule has 1 heterocycles. The second-order valence-electron chi connectivity index (χ2n) is 5.58. The van der Waals surface area contributed by atoms with Crippen molar-refractivity contribution in [1.29, 1.82) is 0 Å². The van der Waals surface area contributed by atoms with E-state index in [1.807, 2.05) is 18.2 Å². The van der Waals surface area contributed by atoms with Crippen LogP contribution in [-0.2, 0) is 9.53 Å². The van der Waals surface area contributed by atoms with Gasteiger partial charge in [-0.05, 0) is 43.4 Å². The number of hydrogen-bond donors (Lipinski definition) is 2. The molecule has 0 aromatic heterocycles. The zero-order valence-electron chi connectivity index (χ0n) is 11.6. The number of anilines is 2. The van der Waals surface area contributed by atoms with Gasteiger partial charge in [-0.15, -0.1) is 0 Å². The average Bonchev–Trinajstić information content (AvgIpc) is 3.28. The molecule has 2 aliphatic rings. The topological polar surface area (TPSA) is 73.6 Å². The van der Waals surface area contributed by atoms with Crippen LogP contribution >= 0.6 is 0 Å². The van der Waals surface area contributed by atoms with Crippen molar-refractivity contribution < 1.29 is 14.3 Å². The third-order valence-corrected chi connectivity index (χ3v) is 4.03. The molecule has 1 saturated carbocycles. The predicted molar refractivity (Wildman–Crippen MR) is 76.6 cm³/mol. The summed E-state index contributed by atoms with van der Waals surface area (Å²) in [6.45, 7) is 0.691. The molecule has 3 N–H and O–H groups in total. The SMILES string of the molecule is COC(=O)C(CC1CNc2cc(N)ccc2O1)C1CC1. The van der Waals surface area contributed by atoms with Gasteiger partial charge in [-0.25, -0.2) is 0 Å².